The molecule has 134 valence electrons. The number of pyridine rings is 1. The predicted octanol–water partition coefficient (Wildman–Crippen LogP) is 2.07. The number of aryl methyl sites for hydroxylation is 1. The largest absolute Gasteiger partial charge is 0.365 e. The van der Waals surface area contributed by atoms with E-state index < -0.39 is 0 Å². The summed E-state index contributed by atoms with van der Waals surface area (Å²) in [5.74, 6) is 1.14. The Bertz CT molecular complexity index is 1030. The lowest BCUT2D eigenvalue weighted by molar-refractivity contribution is 0.629. The van der Waals surface area contributed by atoms with Gasteiger partial charge in [-0.25, -0.2) is 14.4 Å². The first-order chi connectivity index (χ1) is 12.6. The smallest absolute Gasteiger partial charge is 0.253 e. The fraction of sp³-hybridized carbons (Fsp3) is 0.316. The highest BCUT2D eigenvalue weighted by molar-refractivity contribution is 5.78. The number of halogens is 1. The molecule has 0 amide bonds. The van der Waals surface area contributed by atoms with Crippen molar-refractivity contribution in [3.05, 3.63) is 63.1 Å². The highest BCUT2D eigenvalue weighted by Crippen LogP contribution is 2.20. The molecular formula is C19H20FN5O. The van der Waals surface area contributed by atoms with Crippen LogP contribution in [0, 0.1) is 12.7 Å². The zero-order valence-corrected chi connectivity index (χ0v) is 14.5. The average Bonchev–Trinajstić information content (AvgIpc) is 2.85. The number of aromatic nitrogens is 3. The normalized spacial score (nSPS) is 14.1. The van der Waals surface area contributed by atoms with E-state index in [4.69, 9.17) is 0 Å². The fourth-order valence-corrected chi connectivity index (χ4v) is 3.34. The SMILES string of the molecule is Cc1nc2c(c(NCc3cc4ccc(F)cc4[nH]c3=O)n1)CCNCC2. The molecule has 3 heterocycles. The Morgan fingerprint density at radius 2 is 2.04 bits per heavy atom. The van der Waals surface area contributed by atoms with Gasteiger partial charge >= 0.3 is 0 Å². The summed E-state index contributed by atoms with van der Waals surface area (Å²) in [6, 6.07) is 6.17. The summed E-state index contributed by atoms with van der Waals surface area (Å²) in [6.45, 7) is 4.01. The Morgan fingerprint density at radius 3 is 2.92 bits per heavy atom. The summed E-state index contributed by atoms with van der Waals surface area (Å²) in [6.07, 6.45) is 1.72. The highest BCUT2D eigenvalue weighted by atomic mass is 19.1. The van der Waals surface area contributed by atoms with Gasteiger partial charge in [-0.1, -0.05) is 0 Å². The van der Waals surface area contributed by atoms with E-state index in [1.807, 2.05) is 6.92 Å². The summed E-state index contributed by atoms with van der Waals surface area (Å²) in [5.41, 5.74) is 3.03. The maximum absolute atomic E-state index is 13.3. The molecule has 1 aromatic carbocycles. The van der Waals surface area contributed by atoms with Crippen LogP contribution in [0.3, 0.4) is 0 Å². The van der Waals surface area contributed by atoms with Crippen LogP contribution in [0.25, 0.3) is 10.9 Å². The number of H-pyrrole nitrogens is 1. The number of anilines is 1. The molecule has 0 spiro atoms. The molecule has 1 aliphatic heterocycles. The Kier molecular flexibility index (Phi) is 4.38. The summed E-state index contributed by atoms with van der Waals surface area (Å²) in [5, 5.41) is 7.46. The van der Waals surface area contributed by atoms with Crippen molar-refractivity contribution < 1.29 is 4.39 Å². The highest BCUT2D eigenvalue weighted by Gasteiger charge is 2.16. The maximum Gasteiger partial charge on any atom is 0.253 e. The fourth-order valence-electron chi connectivity index (χ4n) is 3.34. The van der Waals surface area contributed by atoms with E-state index in [0.717, 1.165) is 54.2 Å². The van der Waals surface area contributed by atoms with Crippen LogP contribution >= 0.6 is 0 Å². The molecule has 2 aromatic heterocycles. The minimum atomic E-state index is -0.369. The van der Waals surface area contributed by atoms with Gasteiger partial charge in [-0.3, -0.25) is 4.79 Å². The number of aromatic amines is 1. The van der Waals surface area contributed by atoms with Crippen molar-refractivity contribution in [2.75, 3.05) is 18.4 Å². The molecule has 0 radical (unpaired) electrons. The molecule has 7 heteroatoms. The molecule has 1 aliphatic rings. The molecule has 0 saturated heterocycles. The molecule has 4 rings (SSSR count). The first kappa shape index (κ1) is 16.7. The minimum absolute atomic E-state index is 0.228. The van der Waals surface area contributed by atoms with Crippen LogP contribution in [0.1, 0.15) is 22.6 Å². The van der Waals surface area contributed by atoms with E-state index in [0.29, 0.717) is 17.6 Å². The predicted molar refractivity (Wildman–Crippen MR) is 98.9 cm³/mol. The van der Waals surface area contributed by atoms with E-state index in [1.54, 1.807) is 12.1 Å². The van der Waals surface area contributed by atoms with Gasteiger partial charge in [0.1, 0.15) is 17.5 Å². The van der Waals surface area contributed by atoms with Crippen LogP contribution in [0.4, 0.5) is 10.2 Å². The number of hydrogen-bond acceptors (Lipinski definition) is 5. The van der Waals surface area contributed by atoms with Gasteiger partial charge < -0.3 is 15.6 Å². The van der Waals surface area contributed by atoms with Gasteiger partial charge in [-0.15, -0.1) is 0 Å². The van der Waals surface area contributed by atoms with Crippen molar-refractivity contribution in [1.29, 1.82) is 0 Å². The molecule has 3 N–H and O–H groups in total. The van der Waals surface area contributed by atoms with Gasteiger partial charge in [0.2, 0.25) is 0 Å². The number of benzene rings is 1. The lowest BCUT2D eigenvalue weighted by Crippen LogP contribution is -2.18. The first-order valence-electron chi connectivity index (χ1n) is 8.72. The monoisotopic (exact) mass is 353 g/mol. The van der Waals surface area contributed by atoms with Crippen LogP contribution in [-0.2, 0) is 19.4 Å². The van der Waals surface area contributed by atoms with Gasteiger partial charge in [0.25, 0.3) is 5.56 Å². The molecule has 0 aliphatic carbocycles. The van der Waals surface area contributed by atoms with Crippen LogP contribution in [0.2, 0.25) is 0 Å². The zero-order chi connectivity index (χ0) is 18.1. The molecule has 0 bridgehead atoms. The van der Waals surface area contributed by atoms with Crippen molar-refractivity contribution in [1.82, 2.24) is 20.3 Å². The maximum atomic E-state index is 13.3. The summed E-state index contributed by atoms with van der Waals surface area (Å²) >= 11 is 0. The standard InChI is InChI=1S/C19H20FN5O/c1-11-23-16-5-7-21-6-4-15(16)18(24-11)22-10-13-8-12-2-3-14(20)9-17(12)25-19(13)26/h2-3,8-9,21H,4-7,10H2,1H3,(H,25,26)(H,22,23,24). The Hall–Kier alpha value is -2.80. The van der Waals surface area contributed by atoms with Crippen LogP contribution in [0.15, 0.2) is 29.1 Å². The van der Waals surface area contributed by atoms with E-state index in [2.05, 4.69) is 25.6 Å². The van der Waals surface area contributed by atoms with Gasteiger partial charge in [0.05, 0.1) is 11.2 Å². The average molecular weight is 353 g/mol. The number of rotatable bonds is 3. The molecule has 26 heavy (non-hydrogen) atoms. The third-order valence-corrected chi connectivity index (χ3v) is 4.63. The number of nitrogens with one attached hydrogen (secondary N) is 3. The van der Waals surface area contributed by atoms with E-state index in [-0.39, 0.29) is 11.4 Å². The molecule has 6 nitrogen and oxygen atoms in total. The van der Waals surface area contributed by atoms with Crippen LogP contribution in [0.5, 0.6) is 0 Å². The first-order valence-corrected chi connectivity index (χ1v) is 8.72. The van der Waals surface area contributed by atoms with Crippen LogP contribution in [-0.4, -0.2) is 28.0 Å². The number of hydrogen-bond donors (Lipinski definition) is 3. The minimum Gasteiger partial charge on any atom is -0.365 e. The topological polar surface area (TPSA) is 82.7 Å². The zero-order valence-electron chi connectivity index (χ0n) is 14.5. The van der Waals surface area contributed by atoms with Gasteiger partial charge in [0.15, 0.2) is 0 Å². The molecule has 0 atom stereocenters. The van der Waals surface area contributed by atoms with Crippen molar-refractivity contribution in [2.45, 2.75) is 26.3 Å². The summed E-state index contributed by atoms with van der Waals surface area (Å²) < 4.78 is 13.3. The van der Waals surface area contributed by atoms with Crippen molar-refractivity contribution in [3.63, 3.8) is 0 Å². The Labute approximate surface area is 149 Å². The van der Waals surface area contributed by atoms with E-state index >= 15 is 0 Å². The number of nitrogens with zero attached hydrogens (tertiary/aromatic N) is 2. The lowest BCUT2D eigenvalue weighted by Gasteiger charge is -2.13. The second kappa shape index (κ2) is 6.84. The van der Waals surface area contributed by atoms with E-state index in [9.17, 15) is 9.18 Å². The van der Waals surface area contributed by atoms with Crippen LogP contribution < -0.4 is 16.2 Å². The molecule has 3 aromatic rings. The molecule has 0 fully saturated rings. The third-order valence-electron chi connectivity index (χ3n) is 4.63. The summed E-state index contributed by atoms with van der Waals surface area (Å²) in [4.78, 5) is 24.2. The van der Waals surface area contributed by atoms with Crippen molar-refractivity contribution in [2.24, 2.45) is 0 Å². The Balaban J connectivity index is 1.64. The molecule has 0 unspecified atom stereocenters. The summed E-state index contributed by atoms with van der Waals surface area (Å²) in [7, 11) is 0. The molecule has 0 saturated carbocycles. The van der Waals surface area contributed by atoms with Gasteiger partial charge in [-0.05, 0) is 49.5 Å². The number of fused-ring (bicyclic) bond motifs is 2. The van der Waals surface area contributed by atoms with Gasteiger partial charge in [0, 0.05) is 30.6 Å². The Morgan fingerprint density at radius 1 is 1.19 bits per heavy atom. The quantitative estimate of drug-likeness (QED) is 0.671. The second-order valence-electron chi connectivity index (χ2n) is 6.50. The van der Waals surface area contributed by atoms with Crippen molar-refractivity contribution >= 4 is 16.7 Å². The molecular weight excluding hydrogens is 333 g/mol. The lowest BCUT2D eigenvalue weighted by atomic mass is 10.1. The second-order valence-corrected chi connectivity index (χ2v) is 6.50. The van der Waals surface area contributed by atoms with Gasteiger partial charge in [-0.2, -0.15) is 0 Å². The van der Waals surface area contributed by atoms with E-state index in [1.165, 1.54) is 12.1 Å². The third kappa shape index (κ3) is 3.30. The van der Waals surface area contributed by atoms with Crippen molar-refractivity contribution in [3.8, 4) is 0 Å².